The zero-order valence-corrected chi connectivity index (χ0v) is 41.5. The van der Waals surface area contributed by atoms with Gasteiger partial charge in [-0.25, -0.2) is 0 Å². The minimum Gasteiger partial charge on any atom is -0.309 e. The van der Waals surface area contributed by atoms with Crippen molar-refractivity contribution in [3.8, 4) is 55.9 Å². The third kappa shape index (κ3) is 7.39. The van der Waals surface area contributed by atoms with Gasteiger partial charge in [0.05, 0.1) is 41.5 Å². The van der Waals surface area contributed by atoms with Gasteiger partial charge in [0.25, 0.3) is 0 Å². The topological polar surface area (TPSA) is 9.86 Å². The molecule has 12 aromatic carbocycles. The van der Waals surface area contributed by atoms with Crippen LogP contribution in [0.5, 0.6) is 0 Å². The molecule has 14 rings (SSSR count). The maximum absolute atomic E-state index is 9.79. The third-order valence-electron chi connectivity index (χ3n) is 14.8. The molecule has 352 valence electrons. The second-order valence-electron chi connectivity index (χ2n) is 18.9. The van der Waals surface area contributed by atoms with Crippen molar-refractivity contribution < 1.29 is 13.7 Å². The largest absolute Gasteiger partial charge is 0.309 e. The molecule has 0 radical (unpaired) electrons. The van der Waals surface area contributed by atoms with Crippen LogP contribution in [0.3, 0.4) is 0 Å². The molecule has 75 heavy (non-hydrogen) atoms. The number of rotatable bonds is 10. The Morgan fingerprint density at radius 3 is 1.17 bits per heavy atom. The van der Waals surface area contributed by atoms with Gasteiger partial charge in [-0.15, -0.1) is 0 Å². The van der Waals surface area contributed by atoms with E-state index in [1.807, 2.05) is 108 Å². The maximum atomic E-state index is 9.79. The van der Waals surface area contributed by atoms with Gasteiger partial charge in [-0.05, 0) is 103 Å². The predicted molar refractivity (Wildman–Crippen MR) is 320 cm³/mol. The van der Waals surface area contributed by atoms with Crippen molar-refractivity contribution in [2.75, 3.05) is 0 Å². The number of aromatic nitrogens is 2. The smallest absolute Gasteiger partial charge is 0.179 e. The minimum absolute atomic E-state index is 0.102. The van der Waals surface area contributed by atoms with Crippen LogP contribution in [0.25, 0.3) is 99.5 Å². The minimum atomic E-state index is -3.62. The van der Waals surface area contributed by atoms with E-state index in [-0.39, 0.29) is 27.9 Å². The molecular weight excluding hydrogens is 921 g/mol. The molecular formula is C72H50N2Si. The molecule has 0 bridgehead atoms. The lowest BCUT2D eigenvalue weighted by Crippen LogP contribution is -2.74. The highest BCUT2D eigenvalue weighted by molar-refractivity contribution is 7.20. The summed E-state index contributed by atoms with van der Waals surface area (Å²) in [5, 5.41) is 7.42. The standard InChI is InChI=1S/C72H50N2Si/c1-7-24-51(25-8-1)54-30-23-31-57(46-54)73-68-40-21-19-38-62(68)66-47-55(42-44-70(66)73)56-43-45-71-67(48-56)63-39-20-22-41-69(63)74(71)72-64(52-26-9-2-10-27-52)49-61(50-65(72)53-28-11-3-12-29-53)75(58-32-13-4-14-33-58,59-34-15-5-16-35-59)60-36-17-6-18-37-60/h1-50H/i2D,3D,9D,10D,11D,12D,26D,27D,28D,29D. The number of benzene rings is 12. The highest BCUT2D eigenvalue weighted by Gasteiger charge is 2.42. The second kappa shape index (κ2) is 18.5. The summed E-state index contributed by atoms with van der Waals surface area (Å²) in [6.07, 6.45) is 0. The summed E-state index contributed by atoms with van der Waals surface area (Å²) in [5.41, 5.74) is 9.19. The molecule has 0 atom stereocenters. The van der Waals surface area contributed by atoms with Crippen molar-refractivity contribution in [2.45, 2.75) is 0 Å². The summed E-state index contributed by atoms with van der Waals surface area (Å²) in [6.45, 7) is 0. The SMILES string of the molecule is [2H]c1c([2H])c([2H])c(-c2cc([Si](c3ccccc3)(c3ccccc3)c3ccccc3)cc(-c3c([2H])c([2H])c([2H])c([2H])c3[2H])c2-n2c3ccccc3c3cc(-c4ccc5c(c4)c4ccccc4n5-c4cccc(-c5ccccc5)c4)ccc32)c([2H])c1[2H]. The quantitative estimate of drug-likeness (QED) is 0.0955. The van der Waals surface area contributed by atoms with E-state index in [2.05, 4.69) is 144 Å². The predicted octanol–water partition coefficient (Wildman–Crippen LogP) is 15.9. The molecule has 0 saturated heterocycles. The van der Waals surface area contributed by atoms with E-state index in [9.17, 15) is 11.0 Å². The molecule has 0 N–H and O–H groups in total. The zero-order valence-electron chi connectivity index (χ0n) is 50.5. The van der Waals surface area contributed by atoms with Crippen LogP contribution in [-0.4, -0.2) is 17.2 Å². The monoisotopic (exact) mass is 980 g/mol. The van der Waals surface area contributed by atoms with E-state index in [1.165, 1.54) is 0 Å². The van der Waals surface area contributed by atoms with E-state index >= 15 is 0 Å². The maximum Gasteiger partial charge on any atom is 0.179 e. The van der Waals surface area contributed by atoms with E-state index in [4.69, 9.17) is 2.74 Å². The van der Waals surface area contributed by atoms with Crippen LogP contribution in [0.15, 0.2) is 303 Å². The number of nitrogens with zero attached hydrogens (tertiary/aromatic N) is 2. The Kier molecular flexibility index (Phi) is 8.57. The Bertz CT molecular complexity index is 4760. The number of hydrogen-bond acceptors (Lipinski definition) is 0. The van der Waals surface area contributed by atoms with Crippen LogP contribution >= 0.6 is 0 Å². The van der Waals surface area contributed by atoms with E-state index < -0.39 is 68.5 Å². The highest BCUT2D eigenvalue weighted by Crippen LogP contribution is 2.43. The first kappa shape index (κ1) is 34.8. The van der Waals surface area contributed by atoms with Gasteiger partial charge >= 0.3 is 0 Å². The Morgan fingerprint density at radius 2 is 0.667 bits per heavy atom. The molecule has 0 amide bonds. The van der Waals surface area contributed by atoms with Gasteiger partial charge in [-0.3, -0.25) is 0 Å². The highest BCUT2D eigenvalue weighted by atomic mass is 28.3. The molecule has 0 saturated carbocycles. The first-order chi connectivity index (χ1) is 41.4. The Morgan fingerprint density at radius 1 is 0.267 bits per heavy atom. The molecule has 2 aromatic heterocycles. The first-order valence-corrected chi connectivity index (χ1v) is 27.1. The van der Waals surface area contributed by atoms with Crippen LogP contribution in [0.4, 0.5) is 0 Å². The van der Waals surface area contributed by atoms with Crippen molar-refractivity contribution in [1.29, 1.82) is 0 Å². The lowest BCUT2D eigenvalue weighted by atomic mass is 9.95. The molecule has 0 spiro atoms. The summed E-state index contributed by atoms with van der Waals surface area (Å²) in [6, 6.07) is 77.2. The molecule has 0 fully saturated rings. The fourth-order valence-electron chi connectivity index (χ4n) is 11.6. The van der Waals surface area contributed by atoms with Gasteiger partial charge in [0.1, 0.15) is 0 Å². The lowest BCUT2D eigenvalue weighted by Gasteiger charge is -2.36. The third-order valence-corrected chi connectivity index (χ3v) is 19.6. The summed E-state index contributed by atoms with van der Waals surface area (Å²) >= 11 is 0. The van der Waals surface area contributed by atoms with Crippen LogP contribution in [0.2, 0.25) is 0 Å². The molecule has 0 aliphatic carbocycles. The first-order valence-electron chi connectivity index (χ1n) is 30.1. The van der Waals surface area contributed by atoms with Crippen molar-refractivity contribution in [1.82, 2.24) is 9.13 Å². The van der Waals surface area contributed by atoms with E-state index in [0.29, 0.717) is 16.2 Å². The van der Waals surface area contributed by atoms with E-state index in [1.54, 1.807) is 0 Å². The number of hydrogen-bond donors (Lipinski definition) is 0. The summed E-state index contributed by atoms with van der Waals surface area (Å²) in [7, 11) is -3.62. The van der Waals surface area contributed by atoms with Gasteiger partial charge in [0.15, 0.2) is 8.07 Å². The molecule has 0 aliphatic heterocycles. The normalized spacial score (nSPS) is 13.6. The summed E-state index contributed by atoms with van der Waals surface area (Å²) in [5.74, 6) is 0. The average molecular weight is 981 g/mol. The van der Waals surface area contributed by atoms with Crippen molar-refractivity contribution in [3.63, 3.8) is 0 Å². The molecule has 2 nitrogen and oxygen atoms in total. The van der Waals surface area contributed by atoms with Crippen LogP contribution in [-0.2, 0) is 0 Å². The fourth-order valence-corrected chi connectivity index (χ4v) is 16.4. The van der Waals surface area contributed by atoms with Gasteiger partial charge in [0, 0.05) is 38.4 Å². The lowest BCUT2D eigenvalue weighted by molar-refractivity contribution is 1.18. The number of para-hydroxylation sites is 2. The van der Waals surface area contributed by atoms with Gasteiger partial charge in [-0.2, -0.15) is 0 Å². The molecule has 0 unspecified atom stereocenters. The number of fused-ring (bicyclic) bond motifs is 6. The molecule has 3 heteroatoms. The second-order valence-corrected chi connectivity index (χ2v) is 22.7. The molecule has 2 heterocycles. The van der Waals surface area contributed by atoms with Crippen molar-refractivity contribution in [3.05, 3.63) is 303 Å². The van der Waals surface area contributed by atoms with Gasteiger partial charge in [0.2, 0.25) is 0 Å². The summed E-state index contributed by atoms with van der Waals surface area (Å²) < 4.78 is 97.9. The summed E-state index contributed by atoms with van der Waals surface area (Å²) in [4.78, 5) is 0. The van der Waals surface area contributed by atoms with Gasteiger partial charge in [-0.1, -0.05) is 255 Å². The van der Waals surface area contributed by atoms with Crippen molar-refractivity contribution >= 4 is 72.4 Å². The molecule has 14 aromatic rings. The average Bonchev–Trinajstić information content (AvgIpc) is 2.75. The molecule has 0 aliphatic rings. The van der Waals surface area contributed by atoms with Crippen LogP contribution in [0, 0.1) is 0 Å². The van der Waals surface area contributed by atoms with Crippen molar-refractivity contribution in [2.24, 2.45) is 0 Å². The van der Waals surface area contributed by atoms with Crippen LogP contribution < -0.4 is 20.7 Å². The Hall–Kier alpha value is -9.54. The Balaban J connectivity index is 1.09. The Labute approximate surface area is 452 Å². The zero-order chi connectivity index (χ0) is 58.4. The van der Waals surface area contributed by atoms with E-state index in [0.717, 1.165) is 76.1 Å². The van der Waals surface area contributed by atoms with Gasteiger partial charge < -0.3 is 9.13 Å². The van der Waals surface area contributed by atoms with Crippen LogP contribution in [0.1, 0.15) is 13.7 Å². The fraction of sp³-hybridized carbons (Fsp3) is 0.